The Morgan fingerprint density at radius 2 is 1.77 bits per heavy atom. The number of anilines is 2. The van der Waals surface area contributed by atoms with Gasteiger partial charge in [0.25, 0.3) is 5.91 Å². The lowest BCUT2D eigenvalue weighted by Gasteiger charge is -2.08. The first-order chi connectivity index (χ1) is 12.3. The van der Waals surface area contributed by atoms with Gasteiger partial charge in [0.2, 0.25) is 5.91 Å². The number of ether oxygens (including phenoxy) is 1. The first kappa shape index (κ1) is 19.2. The molecular weight excluding hydrogens is 365 g/mol. The lowest BCUT2D eigenvalue weighted by molar-refractivity contribution is -0.126. The molecule has 0 aliphatic carbocycles. The molecule has 2 aromatic rings. The molecule has 26 heavy (non-hydrogen) atoms. The van der Waals surface area contributed by atoms with Gasteiger partial charge < -0.3 is 21.1 Å². The van der Waals surface area contributed by atoms with E-state index >= 15 is 0 Å². The molecule has 0 saturated heterocycles. The van der Waals surface area contributed by atoms with Gasteiger partial charge in [-0.1, -0.05) is 11.6 Å². The largest absolute Gasteiger partial charge is 0.452 e. The first-order valence-electron chi connectivity index (χ1n) is 7.39. The average molecular weight is 380 g/mol. The Labute approximate surface area is 153 Å². The summed E-state index contributed by atoms with van der Waals surface area (Å²) in [6.45, 7) is -0.896. The van der Waals surface area contributed by atoms with Crippen LogP contribution < -0.4 is 16.4 Å². The van der Waals surface area contributed by atoms with E-state index in [0.29, 0.717) is 10.7 Å². The monoisotopic (exact) mass is 379 g/mol. The molecule has 2 aromatic carbocycles. The van der Waals surface area contributed by atoms with E-state index in [0.717, 1.165) is 0 Å². The number of nitrogens with two attached hydrogens (primary N) is 1. The van der Waals surface area contributed by atoms with Gasteiger partial charge in [0.05, 0.1) is 22.8 Å². The number of nitrogens with one attached hydrogen (secondary N) is 2. The number of hydrogen-bond acceptors (Lipinski definition) is 5. The molecule has 9 heteroatoms. The molecule has 0 aliphatic heterocycles. The molecule has 2 rings (SSSR count). The van der Waals surface area contributed by atoms with E-state index in [-0.39, 0.29) is 17.8 Å². The van der Waals surface area contributed by atoms with E-state index < -0.39 is 30.2 Å². The Balaban J connectivity index is 1.74. The Bertz CT molecular complexity index is 827. The van der Waals surface area contributed by atoms with Crippen molar-refractivity contribution in [1.29, 1.82) is 0 Å². The van der Waals surface area contributed by atoms with Crippen LogP contribution in [0.5, 0.6) is 0 Å². The van der Waals surface area contributed by atoms with E-state index in [4.69, 9.17) is 22.1 Å². The molecule has 7 nitrogen and oxygen atoms in total. The molecule has 0 radical (unpaired) electrons. The predicted molar refractivity (Wildman–Crippen MR) is 94.2 cm³/mol. The molecule has 136 valence electrons. The minimum Gasteiger partial charge on any atom is -0.452 e. The van der Waals surface area contributed by atoms with Gasteiger partial charge in [0.15, 0.2) is 6.61 Å². The van der Waals surface area contributed by atoms with Gasteiger partial charge in [-0.05, 0) is 42.5 Å². The summed E-state index contributed by atoms with van der Waals surface area (Å²) in [5.41, 5.74) is 6.33. The fourth-order valence-electron chi connectivity index (χ4n) is 1.85. The van der Waals surface area contributed by atoms with Crippen LogP contribution in [0.1, 0.15) is 10.4 Å². The highest BCUT2D eigenvalue weighted by atomic mass is 35.5. The summed E-state index contributed by atoms with van der Waals surface area (Å²) in [6, 6.07) is 9.33. The van der Waals surface area contributed by atoms with Crippen molar-refractivity contribution < 1.29 is 23.5 Å². The van der Waals surface area contributed by atoms with Gasteiger partial charge in [-0.25, -0.2) is 9.18 Å². The van der Waals surface area contributed by atoms with Crippen molar-refractivity contribution in [2.75, 3.05) is 24.2 Å². The zero-order chi connectivity index (χ0) is 19.1. The Hall–Kier alpha value is -3.13. The van der Waals surface area contributed by atoms with E-state index in [9.17, 15) is 18.8 Å². The van der Waals surface area contributed by atoms with Gasteiger partial charge in [0.1, 0.15) is 5.82 Å². The highest BCUT2D eigenvalue weighted by Crippen LogP contribution is 2.19. The standard InChI is InChI=1S/C17H15ClFN3O4/c18-13-6-1-10(7-14(13)20)17(25)26-9-16(24)21-8-15(23)22-12-4-2-11(19)3-5-12/h1-7H,8-9,20H2,(H,21,24)(H,22,23). The number of halogens is 2. The Morgan fingerprint density at radius 1 is 1.08 bits per heavy atom. The van der Waals surface area contributed by atoms with E-state index in [2.05, 4.69) is 10.6 Å². The molecular formula is C17H15ClFN3O4. The maximum atomic E-state index is 12.8. The van der Waals surface area contributed by atoms with Crippen LogP contribution in [-0.2, 0) is 14.3 Å². The number of carbonyl (C=O) groups is 3. The van der Waals surface area contributed by atoms with Crippen molar-refractivity contribution in [2.24, 2.45) is 0 Å². The maximum Gasteiger partial charge on any atom is 0.338 e. The Morgan fingerprint density at radius 3 is 2.42 bits per heavy atom. The third kappa shape index (κ3) is 5.75. The van der Waals surface area contributed by atoms with Crippen LogP contribution in [0.4, 0.5) is 15.8 Å². The molecule has 2 amide bonds. The summed E-state index contributed by atoms with van der Waals surface area (Å²) >= 11 is 5.75. The third-order valence-corrected chi connectivity index (χ3v) is 3.48. The minimum absolute atomic E-state index is 0.147. The SMILES string of the molecule is Nc1cc(C(=O)OCC(=O)NCC(=O)Nc2ccc(F)cc2)ccc1Cl. The molecule has 0 unspecified atom stereocenters. The zero-order valence-corrected chi connectivity index (χ0v) is 14.2. The molecule has 0 spiro atoms. The fraction of sp³-hybridized carbons (Fsp3) is 0.118. The van der Waals surface area contributed by atoms with Crippen LogP contribution in [0.25, 0.3) is 0 Å². The second-order valence-corrected chi connectivity index (χ2v) is 5.55. The summed E-state index contributed by atoms with van der Waals surface area (Å²) in [5.74, 6) is -2.35. The number of carbonyl (C=O) groups excluding carboxylic acids is 3. The number of benzene rings is 2. The summed E-state index contributed by atoms with van der Waals surface area (Å²) in [6.07, 6.45) is 0. The van der Waals surface area contributed by atoms with Crippen LogP contribution in [-0.4, -0.2) is 30.9 Å². The Kier molecular flexibility index (Phi) is 6.51. The van der Waals surface area contributed by atoms with E-state index in [1.807, 2.05) is 0 Å². The molecule has 0 aromatic heterocycles. The second-order valence-electron chi connectivity index (χ2n) is 5.14. The predicted octanol–water partition coefficient (Wildman–Crippen LogP) is 1.97. The zero-order valence-electron chi connectivity index (χ0n) is 13.4. The minimum atomic E-state index is -0.751. The molecule has 4 N–H and O–H groups in total. The van der Waals surface area contributed by atoms with Gasteiger partial charge in [-0.3, -0.25) is 9.59 Å². The first-order valence-corrected chi connectivity index (χ1v) is 7.77. The lowest BCUT2D eigenvalue weighted by Crippen LogP contribution is -2.35. The van der Waals surface area contributed by atoms with Crippen LogP contribution in [0.3, 0.4) is 0 Å². The van der Waals surface area contributed by atoms with E-state index in [1.54, 1.807) is 0 Å². The molecule has 0 atom stereocenters. The topological polar surface area (TPSA) is 111 Å². The van der Waals surface area contributed by atoms with Crippen molar-refractivity contribution in [2.45, 2.75) is 0 Å². The summed E-state index contributed by atoms with van der Waals surface area (Å²) in [5, 5.41) is 5.06. The lowest BCUT2D eigenvalue weighted by atomic mass is 10.2. The van der Waals surface area contributed by atoms with Crippen molar-refractivity contribution in [3.8, 4) is 0 Å². The second kappa shape index (κ2) is 8.82. The molecule has 0 bridgehead atoms. The number of nitrogen functional groups attached to an aromatic ring is 1. The third-order valence-electron chi connectivity index (χ3n) is 3.14. The summed E-state index contributed by atoms with van der Waals surface area (Å²) in [4.78, 5) is 35.1. The van der Waals surface area contributed by atoms with Crippen LogP contribution in [0.2, 0.25) is 5.02 Å². The maximum absolute atomic E-state index is 12.8. The van der Waals surface area contributed by atoms with Crippen molar-refractivity contribution in [1.82, 2.24) is 5.32 Å². The van der Waals surface area contributed by atoms with Gasteiger partial charge in [0, 0.05) is 5.69 Å². The number of esters is 1. The van der Waals surface area contributed by atoms with Crippen molar-refractivity contribution in [3.05, 3.63) is 58.9 Å². The average Bonchev–Trinajstić information content (AvgIpc) is 2.62. The normalized spacial score (nSPS) is 10.1. The van der Waals surface area contributed by atoms with Gasteiger partial charge in [-0.2, -0.15) is 0 Å². The van der Waals surface area contributed by atoms with Crippen molar-refractivity contribution >= 4 is 40.8 Å². The number of rotatable bonds is 6. The van der Waals surface area contributed by atoms with Crippen LogP contribution in [0, 0.1) is 5.82 Å². The molecule has 0 saturated carbocycles. The van der Waals surface area contributed by atoms with Gasteiger partial charge in [-0.15, -0.1) is 0 Å². The highest BCUT2D eigenvalue weighted by Gasteiger charge is 2.12. The number of amides is 2. The number of hydrogen-bond donors (Lipinski definition) is 3. The molecule has 0 fully saturated rings. The molecule has 0 aliphatic rings. The van der Waals surface area contributed by atoms with Crippen LogP contribution in [0.15, 0.2) is 42.5 Å². The smallest absolute Gasteiger partial charge is 0.338 e. The van der Waals surface area contributed by atoms with E-state index in [1.165, 1.54) is 42.5 Å². The summed E-state index contributed by atoms with van der Waals surface area (Å²) in [7, 11) is 0. The molecule has 0 heterocycles. The van der Waals surface area contributed by atoms with Gasteiger partial charge >= 0.3 is 5.97 Å². The van der Waals surface area contributed by atoms with Crippen molar-refractivity contribution in [3.63, 3.8) is 0 Å². The highest BCUT2D eigenvalue weighted by molar-refractivity contribution is 6.33. The fourth-order valence-corrected chi connectivity index (χ4v) is 1.97. The quantitative estimate of drug-likeness (QED) is 0.525. The van der Waals surface area contributed by atoms with Crippen LogP contribution >= 0.6 is 11.6 Å². The summed E-state index contributed by atoms with van der Waals surface area (Å²) < 4.78 is 17.6.